The number of aliphatic hydroxyl groups excluding tert-OH is 1. The third-order valence-corrected chi connectivity index (χ3v) is 2.94. The summed E-state index contributed by atoms with van der Waals surface area (Å²) in [4.78, 5) is 0. The van der Waals surface area contributed by atoms with E-state index in [9.17, 15) is 8.78 Å². The second kappa shape index (κ2) is 6.45. The third kappa shape index (κ3) is 3.53. The van der Waals surface area contributed by atoms with Crippen LogP contribution in [-0.2, 0) is 19.7 Å². The summed E-state index contributed by atoms with van der Waals surface area (Å²) >= 11 is 0. The Balaban J connectivity index is 1.92. The van der Waals surface area contributed by atoms with Gasteiger partial charge in [0.15, 0.2) is 17.4 Å². The molecule has 0 heterocycles. The lowest BCUT2D eigenvalue weighted by molar-refractivity contribution is 0.282. The molecule has 0 aliphatic heterocycles. The van der Waals surface area contributed by atoms with Crippen molar-refractivity contribution in [3.8, 4) is 5.75 Å². The normalized spacial score (nSPS) is 10.8. The zero-order chi connectivity index (χ0) is 14.5. The molecule has 0 saturated heterocycles. The van der Waals surface area contributed by atoms with E-state index in [0.29, 0.717) is 12.1 Å². The van der Waals surface area contributed by atoms with Gasteiger partial charge in [-0.2, -0.15) is 0 Å². The van der Waals surface area contributed by atoms with Gasteiger partial charge >= 0.3 is 0 Å². The largest absolute Gasteiger partial charge is 0.503 e. The number of hydrogen-bond donors (Lipinski definition) is 3. The summed E-state index contributed by atoms with van der Waals surface area (Å²) in [6.07, 6.45) is 0. The van der Waals surface area contributed by atoms with Crippen molar-refractivity contribution < 1.29 is 19.0 Å². The maximum atomic E-state index is 13.1. The first kappa shape index (κ1) is 14.4. The highest BCUT2D eigenvalue weighted by molar-refractivity contribution is 5.30. The maximum Gasteiger partial charge on any atom is 0.187 e. The van der Waals surface area contributed by atoms with Crippen molar-refractivity contribution in [1.82, 2.24) is 5.32 Å². The molecule has 2 aromatic rings. The van der Waals surface area contributed by atoms with Crippen molar-refractivity contribution in [3.05, 3.63) is 64.7 Å². The number of hydrogen-bond acceptors (Lipinski definition) is 3. The predicted molar refractivity (Wildman–Crippen MR) is 70.9 cm³/mol. The summed E-state index contributed by atoms with van der Waals surface area (Å²) in [7, 11) is 0. The number of phenols is 1. The predicted octanol–water partition coefficient (Wildman–Crippen LogP) is 2.45. The minimum Gasteiger partial charge on any atom is -0.503 e. The van der Waals surface area contributed by atoms with Crippen LogP contribution < -0.4 is 5.32 Å². The van der Waals surface area contributed by atoms with Crippen molar-refractivity contribution in [3.63, 3.8) is 0 Å². The zero-order valence-electron chi connectivity index (χ0n) is 10.7. The summed E-state index contributed by atoms with van der Waals surface area (Å²) in [6.45, 7) is 0.825. The molecule has 3 N–H and O–H groups in total. The highest BCUT2D eigenvalue weighted by Gasteiger charge is 2.09. The van der Waals surface area contributed by atoms with E-state index in [2.05, 4.69) is 5.32 Å². The van der Waals surface area contributed by atoms with Crippen LogP contribution in [0.4, 0.5) is 8.78 Å². The Morgan fingerprint density at radius 3 is 1.90 bits per heavy atom. The van der Waals surface area contributed by atoms with E-state index in [-0.39, 0.29) is 13.2 Å². The van der Waals surface area contributed by atoms with Gasteiger partial charge in [-0.25, -0.2) is 8.78 Å². The number of halogens is 2. The number of aromatic hydroxyl groups is 1. The fraction of sp³-hybridized carbons (Fsp3) is 0.200. The molecule has 2 aromatic carbocycles. The first-order valence-corrected chi connectivity index (χ1v) is 6.16. The van der Waals surface area contributed by atoms with Gasteiger partial charge in [0.1, 0.15) is 0 Å². The van der Waals surface area contributed by atoms with Crippen molar-refractivity contribution in [2.24, 2.45) is 0 Å². The SMILES string of the molecule is OCc1ccc(CNCc2cc(F)c(O)c(F)c2)cc1. The molecule has 0 radical (unpaired) electrons. The van der Waals surface area contributed by atoms with E-state index in [1.807, 2.05) is 24.3 Å². The third-order valence-electron chi connectivity index (χ3n) is 2.94. The molecule has 0 atom stereocenters. The molecule has 0 spiro atoms. The van der Waals surface area contributed by atoms with Gasteiger partial charge in [-0.3, -0.25) is 0 Å². The average molecular weight is 279 g/mol. The van der Waals surface area contributed by atoms with Gasteiger partial charge in [0, 0.05) is 13.1 Å². The topological polar surface area (TPSA) is 52.5 Å². The lowest BCUT2D eigenvalue weighted by Gasteiger charge is -2.07. The molecule has 3 nitrogen and oxygen atoms in total. The van der Waals surface area contributed by atoms with Gasteiger partial charge in [0.25, 0.3) is 0 Å². The van der Waals surface area contributed by atoms with Crippen molar-refractivity contribution >= 4 is 0 Å². The Morgan fingerprint density at radius 2 is 1.35 bits per heavy atom. The molecule has 5 heteroatoms. The number of benzene rings is 2. The van der Waals surface area contributed by atoms with Crippen LogP contribution in [0, 0.1) is 11.6 Å². The van der Waals surface area contributed by atoms with Crippen LogP contribution in [0.1, 0.15) is 16.7 Å². The van der Waals surface area contributed by atoms with Gasteiger partial charge in [-0.15, -0.1) is 0 Å². The van der Waals surface area contributed by atoms with Crippen LogP contribution in [0.15, 0.2) is 36.4 Å². The Morgan fingerprint density at radius 1 is 0.850 bits per heavy atom. The van der Waals surface area contributed by atoms with E-state index in [1.54, 1.807) is 0 Å². The molecule has 0 fully saturated rings. The highest BCUT2D eigenvalue weighted by Crippen LogP contribution is 2.21. The van der Waals surface area contributed by atoms with Crippen molar-refractivity contribution in [2.45, 2.75) is 19.7 Å². The molecule has 0 amide bonds. The first-order valence-electron chi connectivity index (χ1n) is 6.16. The van der Waals surface area contributed by atoms with E-state index in [4.69, 9.17) is 10.2 Å². The standard InChI is InChI=1S/C15H15F2NO2/c16-13-5-12(6-14(17)15(13)20)8-18-7-10-1-3-11(9-19)4-2-10/h1-6,18-20H,7-9H2. The summed E-state index contributed by atoms with van der Waals surface area (Å²) < 4.78 is 26.3. The summed E-state index contributed by atoms with van der Waals surface area (Å²) in [5.74, 6) is -2.88. The number of nitrogens with one attached hydrogen (secondary N) is 1. The molecule has 20 heavy (non-hydrogen) atoms. The van der Waals surface area contributed by atoms with Crippen LogP contribution in [0.2, 0.25) is 0 Å². The molecule has 106 valence electrons. The molecule has 0 aliphatic rings. The van der Waals surface area contributed by atoms with E-state index < -0.39 is 17.4 Å². The van der Waals surface area contributed by atoms with Crippen LogP contribution in [0.5, 0.6) is 5.75 Å². The number of phenolic OH excluding ortho intramolecular Hbond substituents is 1. The summed E-state index contributed by atoms with van der Waals surface area (Å²) in [6, 6.07) is 9.57. The lowest BCUT2D eigenvalue weighted by Crippen LogP contribution is -2.13. The van der Waals surface area contributed by atoms with Gasteiger partial charge in [-0.1, -0.05) is 24.3 Å². The second-order valence-electron chi connectivity index (χ2n) is 4.49. The van der Waals surface area contributed by atoms with Crippen LogP contribution in [0.25, 0.3) is 0 Å². The minimum atomic E-state index is -0.964. The Kier molecular flexibility index (Phi) is 4.65. The Hall–Kier alpha value is -1.98. The Bertz CT molecular complexity index is 562. The summed E-state index contributed by atoms with van der Waals surface area (Å²) in [5, 5.41) is 21.0. The molecular weight excluding hydrogens is 264 g/mol. The van der Waals surface area contributed by atoms with Crippen LogP contribution >= 0.6 is 0 Å². The van der Waals surface area contributed by atoms with E-state index in [1.165, 1.54) is 0 Å². The molecule has 2 rings (SSSR count). The van der Waals surface area contributed by atoms with Gasteiger partial charge < -0.3 is 15.5 Å². The first-order chi connectivity index (χ1) is 9.60. The monoisotopic (exact) mass is 279 g/mol. The molecule has 0 saturated carbocycles. The van der Waals surface area contributed by atoms with Crippen molar-refractivity contribution in [2.75, 3.05) is 0 Å². The van der Waals surface area contributed by atoms with Gasteiger partial charge in [0.2, 0.25) is 0 Å². The lowest BCUT2D eigenvalue weighted by atomic mass is 10.1. The Labute approximate surface area is 115 Å². The second-order valence-corrected chi connectivity index (χ2v) is 4.49. The highest BCUT2D eigenvalue weighted by atomic mass is 19.1. The molecule has 0 bridgehead atoms. The number of aliphatic hydroxyl groups is 1. The van der Waals surface area contributed by atoms with E-state index >= 15 is 0 Å². The number of rotatable bonds is 5. The fourth-order valence-electron chi connectivity index (χ4n) is 1.83. The van der Waals surface area contributed by atoms with Crippen LogP contribution in [0.3, 0.4) is 0 Å². The average Bonchev–Trinajstić information content (AvgIpc) is 2.45. The molecule has 0 aromatic heterocycles. The van der Waals surface area contributed by atoms with Gasteiger partial charge in [-0.05, 0) is 28.8 Å². The molecule has 0 unspecified atom stereocenters. The molecule has 0 aliphatic carbocycles. The van der Waals surface area contributed by atoms with E-state index in [0.717, 1.165) is 23.3 Å². The van der Waals surface area contributed by atoms with Crippen molar-refractivity contribution in [1.29, 1.82) is 0 Å². The quantitative estimate of drug-likeness (QED) is 0.788. The summed E-state index contributed by atoms with van der Waals surface area (Å²) in [5.41, 5.74) is 2.25. The smallest absolute Gasteiger partial charge is 0.187 e. The minimum absolute atomic E-state index is 0.000227. The maximum absolute atomic E-state index is 13.1. The zero-order valence-corrected chi connectivity index (χ0v) is 10.7. The van der Waals surface area contributed by atoms with Gasteiger partial charge in [0.05, 0.1) is 6.61 Å². The fourth-order valence-corrected chi connectivity index (χ4v) is 1.83. The molecular formula is C15H15F2NO2. The van der Waals surface area contributed by atoms with Crippen LogP contribution in [-0.4, -0.2) is 10.2 Å².